The summed E-state index contributed by atoms with van der Waals surface area (Å²) in [6.07, 6.45) is 0. The third-order valence-corrected chi connectivity index (χ3v) is 2.17. The first kappa shape index (κ1) is 21.0. The number of hydrogen-bond donors (Lipinski definition) is 2. The quantitative estimate of drug-likeness (QED) is 0.620. The van der Waals surface area contributed by atoms with Gasteiger partial charge in [0.05, 0.1) is 11.4 Å². The fourth-order valence-electron chi connectivity index (χ4n) is 1.27. The van der Waals surface area contributed by atoms with Gasteiger partial charge in [0.2, 0.25) is 0 Å². The second kappa shape index (κ2) is 12.5. The van der Waals surface area contributed by atoms with Crippen molar-refractivity contribution in [1.82, 2.24) is 0 Å². The molecule has 0 aromatic heterocycles. The Labute approximate surface area is 158 Å². The number of para-hydroxylation sites is 2. The Morgan fingerprint density at radius 1 is 0.739 bits per heavy atom. The third-order valence-electron chi connectivity index (χ3n) is 2.17. The Morgan fingerprint density at radius 2 is 1.04 bits per heavy atom. The minimum absolute atomic E-state index is 0. The molecule has 7 heteroatoms. The van der Waals surface area contributed by atoms with Crippen molar-refractivity contribution in [3.05, 3.63) is 60.7 Å². The molecule has 0 heterocycles. The molecule has 6 nitrogen and oxygen atoms in total. The van der Waals surface area contributed by atoms with Gasteiger partial charge in [0.15, 0.2) is 0 Å². The summed E-state index contributed by atoms with van der Waals surface area (Å²) < 4.78 is 0. The van der Waals surface area contributed by atoms with Crippen molar-refractivity contribution in [2.75, 3.05) is 11.0 Å². The van der Waals surface area contributed by atoms with E-state index in [-0.39, 0.29) is 42.9 Å². The van der Waals surface area contributed by atoms with Crippen LogP contribution in [0, 0.1) is 0 Å². The fraction of sp³-hybridized carbons (Fsp3) is 0.125. The van der Waals surface area contributed by atoms with E-state index < -0.39 is 0 Å². The Kier molecular flexibility index (Phi) is 11.4. The van der Waals surface area contributed by atoms with Gasteiger partial charge in [-0.15, -0.1) is 0 Å². The summed E-state index contributed by atoms with van der Waals surface area (Å²) in [6, 6.07) is 18.4. The van der Waals surface area contributed by atoms with E-state index in [0.717, 1.165) is 11.4 Å². The third kappa shape index (κ3) is 11.2. The van der Waals surface area contributed by atoms with Gasteiger partial charge in [0, 0.05) is 13.8 Å². The van der Waals surface area contributed by atoms with Crippen molar-refractivity contribution in [2.45, 2.75) is 13.8 Å². The van der Waals surface area contributed by atoms with Crippen LogP contribution in [-0.4, -0.2) is 11.9 Å². The van der Waals surface area contributed by atoms with E-state index in [2.05, 4.69) is 20.6 Å². The van der Waals surface area contributed by atoms with Crippen LogP contribution < -0.4 is 40.5 Å². The van der Waals surface area contributed by atoms with Crippen LogP contribution in [0.25, 0.3) is 0 Å². The molecular weight excluding hydrogens is 307 g/mol. The predicted octanol–water partition coefficient (Wildman–Crippen LogP) is 0.270. The van der Waals surface area contributed by atoms with Crippen molar-refractivity contribution in [1.29, 1.82) is 0 Å². The molecule has 0 radical (unpaired) electrons. The van der Waals surface area contributed by atoms with Gasteiger partial charge in [-0.05, 0) is 24.3 Å². The summed E-state index contributed by atoms with van der Waals surface area (Å²) in [5, 5.41) is 0. The molecule has 0 amide bonds. The van der Waals surface area contributed by atoms with E-state index in [0.29, 0.717) is 0 Å². The number of rotatable bonds is 4. The van der Waals surface area contributed by atoms with Crippen LogP contribution in [0.4, 0.5) is 11.4 Å². The summed E-state index contributed by atoms with van der Waals surface area (Å²) in [4.78, 5) is 29.7. The molecule has 23 heavy (non-hydrogen) atoms. The number of benzene rings is 2. The second-order valence-electron chi connectivity index (χ2n) is 4.12. The van der Waals surface area contributed by atoms with Crippen LogP contribution >= 0.6 is 0 Å². The minimum Gasteiger partial charge on any atom is -1.00 e. The van der Waals surface area contributed by atoms with Gasteiger partial charge in [0.1, 0.15) is 0 Å². The van der Waals surface area contributed by atoms with E-state index in [1.807, 2.05) is 60.7 Å². The summed E-state index contributed by atoms with van der Waals surface area (Å²) in [5.74, 6) is -0.706. The monoisotopic (exact) mass is 326 g/mol. The molecule has 0 fully saturated rings. The fourth-order valence-corrected chi connectivity index (χ4v) is 1.27. The van der Waals surface area contributed by atoms with Crippen molar-refractivity contribution >= 4 is 23.3 Å². The smallest absolute Gasteiger partial charge is 1.00 e. The van der Waals surface area contributed by atoms with E-state index in [1.54, 1.807) is 0 Å². The van der Waals surface area contributed by atoms with Crippen LogP contribution in [0.1, 0.15) is 15.3 Å². The van der Waals surface area contributed by atoms with E-state index in [1.165, 1.54) is 13.8 Å². The van der Waals surface area contributed by atoms with Gasteiger partial charge in [-0.1, -0.05) is 36.4 Å². The zero-order valence-electron chi connectivity index (χ0n) is 14.4. The van der Waals surface area contributed by atoms with Gasteiger partial charge in [-0.3, -0.25) is 9.59 Å². The van der Waals surface area contributed by atoms with E-state index >= 15 is 0 Å². The largest absolute Gasteiger partial charge is 1.00 e. The summed E-state index contributed by atoms with van der Waals surface area (Å²) in [7, 11) is 0. The molecule has 0 saturated carbocycles. The first-order valence-electron chi connectivity index (χ1n) is 6.55. The van der Waals surface area contributed by atoms with Crippen LogP contribution in [0.15, 0.2) is 60.7 Å². The number of nitrogens with one attached hydrogen (secondary N) is 2. The second-order valence-corrected chi connectivity index (χ2v) is 4.12. The Balaban J connectivity index is 0. The van der Waals surface area contributed by atoms with Crippen molar-refractivity contribution in [2.24, 2.45) is 0 Å². The summed E-state index contributed by atoms with van der Waals surface area (Å²) in [5.41, 5.74) is 6.52. The van der Waals surface area contributed by atoms with Gasteiger partial charge >= 0.3 is 41.5 Å². The average Bonchev–Trinajstić information content (AvgIpc) is 2.53. The average molecular weight is 326 g/mol. The predicted molar refractivity (Wildman–Crippen MR) is 84.8 cm³/mol. The molecule has 2 rings (SSSR count). The molecule has 118 valence electrons. The number of carbonyl (C=O) groups is 2. The molecule has 0 spiro atoms. The van der Waals surface area contributed by atoms with Crippen molar-refractivity contribution < 1.29 is 50.2 Å². The molecule has 0 saturated heterocycles. The Hall–Kier alpha value is -2.02. The van der Waals surface area contributed by atoms with Gasteiger partial charge in [-0.2, -0.15) is 0 Å². The molecule has 0 atom stereocenters. The van der Waals surface area contributed by atoms with Crippen molar-refractivity contribution in [3.8, 4) is 0 Å². The minimum atomic E-state index is -0.353. The van der Waals surface area contributed by atoms with Crippen molar-refractivity contribution in [3.63, 3.8) is 0 Å². The maximum absolute atomic E-state index is 10.3. The molecule has 0 aliphatic rings. The molecule has 2 aromatic rings. The number of anilines is 2. The Morgan fingerprint density at radius 3 is 1.30 bits per heavy atom. The molecule has 0 aliphatic heterocycles. The first-order valence-corrected chi connectivity index (χ1v) is 6.55. The van der Waals surface area contributed by atoms with Gasteiger partial charge in [-0.25, -0.2) is 11.0 Å². The SMILES string of the molecule is CC(=O)ONc1ccccc1.CC(=O)ONc1ccccc1.[H-].[Na+]. The molecule has 0 bridgehead atoms. The maximum atomic E-state index is 10.3. The molecular formula is C16H19N2NaO4. The maximum Gasteiger partial charge on any atom is 1.00 e. The molecule has 2 N–H and O–H groups in total. The molecule has 0 aliphatic carbocycles. The molecule has 0 unspecified atom stereocenters. The van der Waals surface area contributed by atoms with Crippen LogP contribution in [0.3, 0.4) is 0 Å². The molecule has 2 aromatic carbocycles. The normalized spacial score (nSPS) is 8.43. The summed E-state index contributed by atoms with van der Waals surface area (Å²) >= 11 is 0. The van der Waals surface area contributed by atoms with Crippen LogP contribution in [0.5, 0.6) is 0 Å². The van der Waals surface area contributed by atoms with E-state index in [9.17, 15) is 9.59 Å². The van der Waals surface area contributed by atoms with E-state index in [4.69, 9.17) is 0 Å². The summed E-state index contributed by atoms with van der Waals surface area (Å²) in [6.45, 7) is 2.69. The topological polar surface area (TPSA) is 76.7 Å². The zero-order valence-corrected chi connectivity index (χ0v) is 15.4. The first-order chi connectivity index (χ1) is 10.6. The number of carbonyl (C=O) groups excluding carboxylic acids is 2. The van der Waals surface area contributed by atoms with Gasteiger partial charge in [0.25, 0.3) is 0 Å². The standard InChI is InChI=1S/2C8H9NO2.Na.H/c2*1-7(10)11-9-8-5-3-2-4-6-8;;/h2*2-6,9H,1H3;;/q;;+1;-1. The van der Waals surface area contributed by atoms with Crippen LogP contribution in [-0.2, 0) is 19.3 Å². The Bertz CT molecular complexity index is 532. The number of hydrogen-bond acceptors (Lipinski definition) is 6. The zero-order chi connectivity index (χ0) is 16.2. The van der Waals surface area contributed by atoms with Gasteiger partial charge < -0.3 is 11.1 Å². The van der Waals surface area contributed by atoms with Crippen LogP contribution in [0.2, 0.25) is 0 Å².